The second kappa shape index (κ2) is 3.82. The van der Waals surface area contributed by atoms with Crippen molar-refractivity contribution in [3.63, 3.8) is 0 Å². The van der Waals surface area contributed by atoms with Gasteiger partial charge in [0.2, 0.25) is 0 Å². The molecule has 0 radical (unpaired) electrons. The van der Waals surface area contributed by atoms with Crippen LogP contribution in [-0.4, -0.2) is 9.78 Å². The van der Waals surface area contributed by atoms with Gasteiger partial charge in [0.25, 0.3) is 5.56 Å². The number of nitrogens with one attached hydrogen (secondary N) is 1. The Morgan fingerprint density at radius 2 is 2.00 bits per heavy atom. The number of rotatable bonds is 2. The number of hydrogen-bond acceptors (Lipinski definition) is 2. The number of aromatic nitrogens is 2. The van der Waals surface area contributed by atoms with Crippen molar-refractivity contribution in [2.24, 2.45) is 0 Å². The summed E-state index contributed by atoms with van der Waals surface area (Å²) in [6.07, 6.45) is 1.48. The van der Waals surface area contributed by atoms with E-state index >= 15 is 0 Å². The van der Waals surface area contributed by atoms with Crippen molar-refractivity contribution in [3.8, 4) is 0 Å². The van der Waals surface area contributed by atoms with Crippen LogP contribution in [0, 0.1) is 0 Å². The smallest absolute Gasteiger partial charge is 0.289 e. The molecule has 0 aliphatic rings. The molecule has 0 spiro atoms. The first-order valence-electron chi connectivity index (χ1n) is 4.45. The molecule has 0 atom stereocenters. The minimum Gasteiger partial charge on any atom is -0.393 e. The Balaban J connectivity index is 2.26. The third kappa shape index (κ3) is 2.05. The molecular formula is C10H10ClN3O. The van der Waals surface area contributed by atoms with Crippen LogP contribution in [0.1, 0.15) is 5.56 Å². The van der Waals surface area contributed by atoms with Crippen molar-refractivity contribution in [1.82, 2.24) is 9.78 Å². The summed E-state index contributed by atoms with van der Waals surface area (Å²) in [4.78, 5) is 11.4. The second-order valence-electron chi connectivity index (χ2n) is 3.25. The number of nitrogen functional groups attached to an aromatic ring is 1. The van der Waals surface area contributed by atoms with Gasteiger partial charge < -0.3 is 10.8 Å². The van der Waals surface area contributed by atoms with Gasteiger partial charge in [0.05, 0.1) is 6.54 Å². The first-order valence-corrected chi connectivity index (χ1v) is 4.83. The van der Waals surface area contributed by atoms with Gasteiger partial charge in [-0.1, -0.05) is 23.7 Å². The SMILES string of the molecule is Nc1c[nH]n(Cc2ccc(Cl)cc2)c1=O. The molecule has 0 unspecified atom stereocenters. The van der Waals surface area contributed by atoms with E-state index in [0.29, 0.717) is 11.6 Å². The number of anilines is 1. The van der Waals surface area contributed by atoms with Gasteiger partial charge in [-0.3, -0.25) is 4.79 Å². The van der Waals surface area contributed by atoms with E-state index in [2.05, 4.69) is 5.10 Å². The van der Waals surface area contributed by atoms with Crippen LogP contribution in [0.5, 0.6) is 0 Å². The molecule has 1 aromatic carbocycles. The Bertz CT molecular complexity index is 512. The summed E-state index contributed by atoms with van der Waals surface area (Å²) in [6, 6.07) is 7.31. The number of aromatic amines is 1. The Kier molecular flexibility index (Phi) is 2.51. The first kappa shape index (κ1) is 9.86. The van der Waals surface area contributed by atoms with Crippen LogP contribution in [0.3, 0.4) is 0 Å². The van der Waals surface area contributed by atoms with Gasteiger partial charge in [0, 0.05) is 11.2 Å². The molecule has 0 saturated heterocycles. The van der Waals surface area contributed by atoms with Gasteiger partial charge in [-0.15, -0.1) is 0 Å². The second-order valence-corrected chi connectivity index (χ2v) is 3.68. The molecule has 1 heterocycles. The quantitative estimate of drug-likeness (QED) is 0.810. The molecule has 1 aromatic heterocycles. The summed E-state index contributed by atoms with van der Waals surface area (Å²) in [7, 11) is 0. The van der Waals surface area contributed by atoms with E-state index in [1.54, 1.807) is 12.1 Å². The predicted octanol–water partition coefficient (Wildman–Crippen LogP) is 1.46. The molecule has 2 aromatic rings. The number of H-pyrrole nitrogens is 1. The van der Waals surface area contributed by atoms with E-state index in [9.17, 15) is 4.79 Å². The molecule has 15 heavy (non-hydrogen) atoms. The van der Waals surface area contributed by atoms with Gasteiger partial charge in [-0.25, -0.2) is 4.68 Å². The fourth-order valence-electron chi connectivity index (χ4n) is 1.31. The predicted molar refractivity (Wildman–Crippen MR) is 60.0 cm³/mol. The van der Waals surface area contributed by atoms with Crippen LogP contribution >= 0.6 is 11.6 Å². The van der Waals surface area contributed by atoms with Crippen LogP contribution in [0.25, 0.3) is 0 Å². The van der Waals surface area contributed by atoms with Crippen molar-refractivity contribution in [1.29, 1.82) is 0 Å². The van der Waals surface area contributed by atoms with E-state index in [4.69, 9.17) is 17.3 Å². The molecule has 2 rings (SSSR count). The molecule has 5 heteroatoms. The van der Waals surface area contributed by atoms with Crippen molar-refractivity contribution < 1.29 is 0 Å². The summed E-state index contributed by atoms with van der Waals surface area (Å²) < 4.78 is 1.44. The minimum absolute atomic E-state index is 0.204. The van der Waals surface area contributed by atoms with E-state index in [1.807, 2.05) is 12.1 Å². The van der Waals surface area contributed by atoms with Crippen LogP contribution < -0.4 is 11.3 Å². The third-order valence-corrected chi connectivity index (χ3v) is 2.37. The van der Waals surface area contributed by atoms with E-state index in [-0.39, 0.29) is 11.2 Å². The van der Waals surface area contributed by atoms with Gasteiger partial charge in [0.15, 0.2) is 0 Å². The topological polar surface area (TPSA) is 63.8 Å². The third-order valence-electron chi connectivity index (χ3n) is 2.12. The molecule has 0 fully saturated rings. The minimum atomic E-state index is -0.204. The van der Waals surface area contributed by atoms with Crippen molar-refractivity contribution in [2.45, 2.75) is 6.54 Å². The normalized spacial score (nSPS) is 10.5. The highest BCUT2D eigenvalue weighted by Gasteiger charge is 2.02. The zero-order valence-electron chi connectivity index (χ0n) is 7.90. The van der Waals surface area contributed by atoms with Gasteiger partial charge in [-0.05, 0) is 17.7 Å². The van der Waals surface area contributed by atoms with Crippen molar-refractivity contribution in [2.75, 3.05) is 5.73 Å². The summed E-state index contributed by atoms with van der Waals surface area (Å²) in [5.41, 5.74) is 6.44. The molecule has 0 aliphatic carbocycles. The largest absolute Gasteiger partial charge is 0.393 e. The molecule has 0 aliphatic heterocycles. The Labute approximate surface area is 91.3 Å². The Morgan fingerprint density at radius 1 is 1.33 bits per heavy atom. The Hall–Kier alpha value is -1.68. The highest BCUT2D eigenvalue weighted by Crippen LogP contribution is 2.09. The molecule has 3 N–H and O–H groups in total. The van der Waals surface area contributed by atoms with E-state index in [1.165, 1.54) is 10.9 Å². The Morgan fingerprint density at radius 3 is 2.53 bits per heavy atom. The molecule has 4 nitrogen and oxygen atoms in total. The summed E-state index contributed by atoms with van der Waals surface area (Å²) in [6.45, 7) is 0.465. The lowest BCUT2D eigenvalue weighted by Crippen LogP contribution is -2.19. The lowest BCUT2D eigenvalue weighted by Gasteiger charge is -2.01. The summed E-state index contributed by atoms with van der Waals surface area (Å²) >= 11 is 5.75. The fourth-order valence-corrected chi connectivity index (χ4v) is 1.44. The van der Waals surface area contributed by atoms with Crippen LogP contribution in [-0.2, 0) is 6.54 Å². The molecular weight excluding hydrogens is 214 g/mol. The zero-order chi connectivity index (χ0) is 10.8. The maximum absolute atomic E-state index is 11.4. The van der Waals surface area contributed by atoms with Gasteiger partial charge in [0.1, 0.15) is 5.69 Å². The van der Waals surface area contributed by atoms with Crippen molar-refractivity contribution >= 4 is 17.3 Å². The number of halogens is 1. The van der Waals surface area contributed by atoms with Gasteiger partial charge in [-0.2, -0.15) is 0 Å². The number of nitrogens with two attached hydrogens (primary N) is 1. The van der Waals surface area contributed by atoms with E-state index in [0.717, 1.165) is 5.56 Å². The highest BCUT2D eigenvalue weighted by atomic mass is 35.5. The first-order chi connectivity index (χ1) is 7.16. The average molecular weight is 224 g/mol. The van der Waals surface area contributed by atoms with Gasteiger partial charge >= 0.3 is 0 Å². The van der Waals surface area contributed by atoms with Crippen molar-refractivity contribution in [3.05, 3.63) is 51.4 Å². The fraction of sp³-hybridized carbons (Fsp3) is 0.100. The number of nitrogens with zero attached hydrogens (tertiary/aromatic N) is 1. The monoisotopic (exact) mass is 223 g/mol. The highest BCUT2D eigenvalue weighted by molar-refractivity contribution is 6.30. The molecule has 0 saturated carbocycles. The van der Waals surface area contributed by atoms with Crippen LogP contribution in [0.2, 0.25) is 5.02 Å². The lowest BCUT2D eigenvalue weighted by molar-refractivity contribution is 0.664. The lowest BCUT2D eigenvalue weighted by atomic mass is 10.2. The maximum Gasteiger partial charge on any atom is 0.289 e. The average Bonchev–Trinajstić information content (AvgIpc) is 2.53. The van der Waals surface area contributed by atoms with Crippen LogP contribution in [0.15, 0.2) is 35.3 Å². The van der Waals surface area contributed by atoms with E-state index < -0.39 is 0 Å². The summed E-state index contributed by atoms with van der Waals surface area (Å²) in [5.74, 6) is 0. The number of benzene rings is 1. The maximum atomic E-state index is 11.4. The zero-order valence-corrected chi connectivity index (χ0v) is 8.66. The molecule has 0 amide bonds. The van der Waals surface area contributed by atoms with Crippen LogP contribution in [0.4, 0.5) is 5.69 Å². The standard InChI is InChI=1S/C10H10ClN3O/c11-8-3-1-7(2-4-8)6-14-10(15)9(12)5-13-14/h1-5,13H,6,12H2. The number of hydrogen-bond donors (Lipinski definition) is 2. The summed E-state index contributed by atoms with van der Waals surface area (Å²) in [5, 5.41) is 3.46. The molecule has 78 valence electrons. The molecule has 0 bridgehead atoms.